The molecule has 0 radical (unpaired) electrons. The zero-order chi connectivity index (χ0) is 33.7. The van der Waals surface area contributed by atoms with Crippen molar-refractivity contribution in [3.63, 3.8) is 0 Å². The molecular weight excluding hydrogens is 580 g/mol. The van der Waals surface area contributed by atoms with Crippen LogP contribution in [0.3, 0.4) is 0 Å². The van der Waals surface area contributed by atoms with Crippen LogP contribution in [-0.2, 0) is 23.9 Å². The Bertz CT molecular complexity index is 1170. The quantitative estimate of drug-likeness (QED) is 0.175. The maximum atomic E-state index is 14.1. The number of aliphatic hydroxyl groups excluding tert-OH is 4. The standard InChI is InChI=1S/C35H56O10/c1-19(9-8-10-20(2)30(42)43)21(36)13-16-34(6)26(39)12-11-23-33(5)15-14-25(38)32(3,4)24(33)17-27(35(23,34)7)45-31-29(41)28(40)22(37)18-44-31/h10,19,22-25,27-29,31,37-38,40-41H,8-9,11-18H2,1-7H3,(H,42,43)/b20-10-/t19-,22+,23+,24-,25+,27+,28-,29+,31-,33+,34+,35-/m0/s1. The number of ketones is 2. The first-order valence-electron chi connectivity index (χ1n) is 16.8. The predicted molar refractivity (Wildman–Crippen MR) is 166 cm³/mol. The van der Waals surface area contributed by atoms with E-state index in [1.165, 1.54) is 6.92 Å². The number of carboxylic acids is 1. The molecule has 1 aliphatic heterocycles. The zero-order valence-electron chi connectivity index (χ0n) is 28.1. The van der Waals surface area contributed by atoms with E-state index in [0.717, 1.165) is 6.42 Å². The molecule has 1 saturated heterocycles. The molecule has 0 aromatic heterocycles. The van der Waals surface area contributed by atoms with Gasteiger partial charge in [0.2, 0.25) is 0 Å². The van der Waals surface area contributed by atoms with E-state index in [4.69, 9.17) is 14.6 Å². The molecule has 10 heteroatoms. The molecule has 3 saturated carbocycles. The Hall–Kier alpha value is -1.69. The monoisotopic (exact) mass is 636 g/mol. The van der Waals surface area contributed by atoms with Crippen molar-refractivity contribution in [3.05, 3.63) is 11.6 Å². The van der Waals surface area contributed by atoms with E-state index in [1.807, 2.05) is 13.8 Å². The van der Waals surface area contributed by atoms with E-state index in [2.05, 4.69) is 27.7 Å². The maximum Gasteiger partial charge on any atom is 0.330 e. The topological polar surface area (TPSA) is 171 Å². The number of carbonyl (C=O) groups excluding carboxylic acids is 2. The molecule has 256 valence electrons. The van der Waals surface area contributed by atoms with Gasteiger partial charge in [0, 0.05) is 35.2 Å². The Morgan fingerprint density at radius 3 is 2.36 bits per heavy atom. The Morgan fingerprint density at radius 1 is 1.04 bits per heavy atom. The van der Waals surface area contributed by atoms with E-state index in [1.54, 1.807) is 6.08 Å². The molecule has 12 atom stereocenters. The minimum absolute atomic E-state index is 0.0103. The molecule has 0 aromatic rings. The number of allylic oxidation sites excluding steroid dienone is 1. The summed E-state index contributed by atoms with van der Waals surface area (Å²) in [7, 11) is 0. The Kier molecular flexibility index (Phi) is 10.5. The summed E-state index contributed by atoms with van der Waals surface area (Å²) in [6, 6.07) is 0. The fourth-order valence-corrected chi connectivity index (χ4v) is 9.74. The van der Waals surface area contributed by atoms with Crippen LogP contribution < -0.4 is 0 Å². The summed E-state index contributed by atoms with van der Waals surface area (Å²) >= 11 is 0. The highest BCUT2D eigenvalue weighted by Crippen LogP contribution is 2.71. The number of aliphatic carboxylic acids is 1. The van der Waals surface area contributed by atoms with Gasteiger partial charge in [-0.05, 0) is 74.5 Å². The maximum absolute atomic E-state index is 14.1. The highest BCUT2D eigenvalue weighted by molar-refractivity contribution is 5.88. The lowest BCUT2D eigenvalue weighted by atomic mass is 9.35. The van der Waals surface area contributed by atoms with Crippen molar-refractivity contribution < 1.29 is 49.4 Å². The third-order valence-corrected chi connectivity index (χ3v) is 13.2. The van der Waals surface area contributed by atoms with Crippen LogP contribution in [0.15, 0.2) is 11.6 Å². The largest absolute Gasteiger partial charge is 0.478 e. The fourth-order valence-electron chi connectivity index (χ4n) is 9.74. The number of rotatable bonds is 10. The van der Waals surface area contributed by atoms with Gasteiger partial charge >= 0.3 is 5.97 Å². The number of Topliss-reactive ketones (excluding diaryl/α,β-unsaturated/α-hetero) is 2. The van der Waals surface area contributed by atoms with Gasteiger partial charge in [0.05, 0.1) is 18.8 Å². The molecular formula is C35H56O10. The number of carboxylic acid groups (broad SMARTS) is 1. The Balaban J connectivity index is 1.67. The minimum atomic E-state index is -1.49. The number of aliphatic hydroxyl groups is 4. The van der Waals surface area contributed by atoms with Crippen molar-refractivity contribution in [2.75, 3.05) is 6.61 Å². The summed E-state index contributed by atoms with van der Waals surface area (Å²) in [5.74, 6) is -1.13. The highest BCUT2D eigenvalue weighted by atomic mass is 16.7. The van der Waals surface area contributed by atoms with Gasteiger partial charge in [-0.2, -0.15) is 0 Å². The molecule has 4 aliphatic rings. The molecule has 5 N–H and O–H groups in total. The first-order valence-corrected chi connectivity index (χ1v) is 16.8. The van der Waals surface area contributed by atoms with Gasteiger partial charge in [0.15, 0.2) is 6.29 Å². The third kappa shape index (κ3) is 6.20. The van der Waals surface area contributed by atoms with E-state index >= 15 is 0 Å². The zero-order valence-corrected chi connectivity index (χ0v) is 28.1. The normalized spacial score (nSPS) is 44.1. The van der Waals surface area contributed by atoms with Gasteiger partial charge in [-0.25, -0.2) is 4.79 Å². The smallest absolute Gasteiger partial charge is 0.330 e. The van der Waals surface area contributed by atoms with Crippen LogP contribution in [0.4, 0.5) is 0 Å². The molecule has 4 fully saturated rings. The lowest BCUT2D eigenvalue weighted by Crippen LogP contribution is -2.70. The minimum Gasteiger partial charge on any atom is -0.478 e. The van der Waals surface area contributed by atoms with Crippen molar-refractivity contribution in [1.82, 2.24) is 0 Å². The van der Waals surface area contributed by atoms with Gasteiger partial charge in [0.25, 0.3) is 0 Å². The van der Waals surface area contributed by atoms with Crippen molar-refractivity contribution in [2.24, 2.45) is 39.4 Å². The highest BCUT2D eigenvalue weighted by Gasteiger charge is 2.70. The summed E-state index contributed by atoms with van der Waals surface area (Å²) in [6.07, 6.45) is -0.359. The van der Waals surface area contributed by atoms with Gasteiger partial charge < -0.3 is 35.0 Å². The van der Waals surface area contributed by atoms with Crippen LogP contribution in [0, 0.1) is 39.4 Å². The van der Waals surface area contributed by atoms with Crippen LogP contribution in [0.5, 0.6) is 0 Å². The second kappa shape index (κ2) is 13.1. The van der Waals surface area contributed by atoms with E-state index < -0.39 is 59.0 Å². The van der Waals surface area contributed by atoms with Crippen molar-refractivity contribution in [3.8, 4) is 0 Å². The SMILES string of the molecule is C/C(=C/CC[C@H](C)C(=O)CC[C@]1(C)C(=O)CC[C@@H]2[C@@]3(C)CC[C@@H](O)C(C)(C)[C@@H]3C[C@@H](O[C@@H]3OC[C@@H](O)[C@H](O)[C@H]3O)[C@]21C)C(=O)O. The molecule has 0 aromatic carbocycles. The van der Waals surface area contributed by atoms with Crippen LogP contribution in [0.25, 0.3) is 0 Å². The van der Waals surface area contributed by atoms with Crippen molar-refractivity contribution in [1.29, 1.82) is 0 Å². The summed E-state index contributed by atoms with van der Waals surface area (Å²) in [6.45, 7) is 13.7. The van der Waals surface area contributed by atoms with Gasteiger partial charge in [-0.1, -0.05) is 47.6 Å². The number of hydrogen-bond acceptors (Lipinski definition) is 9. The molecule has 45 heavy (non-hydrogen) atoms. The second-order valence-corrected chi connectivity index (χ2v) is 15.8. The van der Waals surface area contributed by atoms with Crippen LogP contribution in [0.2, 0.25) is 0 Å². The summed E-state index contributed by atoms with van der Waals surface area (Å²) in [5, 5.41) is 51.6. The van der Waals surface area contributed by atoms with E-state index in [0.29, 0.717) is 44.9 Å². The van der Waals surface area contributed by atoms with E-state index in [9.17, 15) is 34.8 Å². The summed E-state index contributed by atoms with van der Waals surface area (Å²) in [5.41, 5.74) is -2.11. The molecule has 10 nitrogen and oxygen atoms in total. The van der Waals surface area contributed by atoms with Crippen molar-refractivity contribution >= 4 is 17.5 Å². The number of fused-ring (bicyclic) bond motifs is 3. The Morgan fingerprint density at radius 2 is 1.71 bits per heavy atom. The number of ether oxygens (including phenoxy) is 2. The first kappa shape index (κ1) is 36.2. The summed E-state index contributed by atoms with van der Waals surface area (Å²) in [4.78, 5) is 38.6. The van der Waals surface area contributed by atoms with Crippen molar-refractivity contribution in [2.45, 2.75) is 143 Å². The average molecular weight is 637 g/mol. The molecule has 1 heterocycles. The molecule has 0 spiro atoms. The first-order chi connectivity index (χ1) is 20.8. The molecule has 0 unspecified atom stereocenters. The van der Waals surface area contributed by atoms with Crippen LogP contribution >= 0.6 is 0 Å². The average Bonchev–Trinajstić information content (AvgIpc) is 2.97. The predicted octanol–water partition coefficient (Wildman–Crippen LogP) is 3.81. The third-order valence-electron chi connectivity index (χ3n) is 13.2. The van der Waals surface area contributed by atoms with E-state index in [-0.39, 0.29) is 53.3 Å². The second-order valence-electron chi connectivity index (χ2n) is 15.8. The molecule has 0 amide bonds. The lowest BCUT2D eigenvalue weighted by Gasteiger charge is -2.70. The van der Waals surface area contributed by atoms with Gasteiger partial charge in [-0.15, -0.1) is 0 Å². The van der Waals surface area contributed by atoms with Gasteiger partial charge in [-0.3, -0.25) is 9.59 Å². The lowest BCUT2D eigenvalue weighted by molar-refractivity contribution is -0.327. The van der Waals surface area contributed by atoms with Crippen LogP contribution in [0.1, 0.15) is 106 Å². The van der Waals surface area contributed by atoms with Gasteiger partial charge in [0.1, 0.15) is 29.9 Å². The number of hydrogen-bond donors (Lipinski definition) is 5. The molecule has 3 aliphatic carbocycles. The fraction of sp³-hybridized carbons (Fsp3) is 0.857. The Labute approximate surface area is 267 Å². The molecule has 4 rings (SSSR count). The van der Waals surface area contributed by atoms with Crippen LogP contribution in [-0.4, -0.2) is 86.5 Å². The number of carbonyl (C=O) groups is 3. The summed E-state index contributed by atoms with van der Waals surface area (Å²) < 4.78 is 12.4. The molecule has 0 bridgehead atoms.